The Labute approximate surface area is 179 Å². The van der Waals surface area contributed by atoms with E-state index in [1.165, 1.54) is 0 Å². The standard InChI is InChI=1S/C21H23Cl2NO5/c1-21(2,3)29-20(27)24-18(19(25)26)10-13-4-8-16(9-5-13)28-12-14-6-7-15(22)11-17(14)23/h4-9,11,18H,10,12H2,1-3H3,(H,24,27)(H,25,26). The Morgan fingerprint density at radius 2 is 1.76 bits per heavy atom. The van der Waals surface area contributed by atoms with Crippen molar-refractivity contribution in [3.63, 3.8) is 0 Å². The van der Waals surface area contributed by atoms with Crippen molar-refractivity contribution in [3.8, 4) is 5.75 Å². The summed E-state index contributed by atoms with van der Waals surface area (Å²) in [6.07, 6.45) is -0.664. The van der Waals surface area contributed by atoms with Gasteiger partial charge in [-0.2, -0.15) is 0 Å². The Bertz CT molecular complexity index is 862. The third-order valence-corrected chi connectivity index (χ3v) is 4.35. The van der Waals surface area contributed by atoms with E-state index in [4.69, 9.17) is 32.7 Å². The monoisotopic (exact) mass is 439 g/mol. The van der Waals surface area contributed by atoms with Crippen molar-refractivity contribution >= 4 is 35.3 Å². The highest BCUT2D eigenvalue weighted by Gasteiger charge is 2.24. The number of carboxylic acids is 1. The van der Waals surface area contributed by atoms with Gasteiger partial charge in [0.05, 0.1) is 0 Å². The summed E-state index contributed by atoms with van der Waals surface area (Å²) in [5.41, 5.74) is 0.817. The average molecular weight is 440 g/mol. The number of carbonyl (C=O) groups is 2. The molecule has 0 aliphatic rings. The van der Waals surface area contributed by atoms with E-state index in [1.54, 1.807) is 63.2 Å². The van der Waals surface area contributed by atoms with Gasteiger partial charge in [0.2, 0.25) is 0 Å². The zero-order chi connectivity index (χ0) is 21.6. The molecule has 29 heavy (non-hydrogen) atoms. The lowest BCUT2D eigenvalue weighted by Crippen LogP contribution is -2.44. The SMILES string of the molecule is CC(C)(C)OC(=O)NC(Cc1ccc(OCc2ccc(Cl)cc2Cl)cc1)C(=O)O. The number of rotatable bonds is 7. The lowest BCUT2D eigenvalue weighted by Gasteiger charge is -2.22. The number of carbonyl (C=O) groups excluding carboxylic acids is 1. The summed E-state index contributed by atoms with van der Waals surface area (Å²) in [7, 11) is 0. The summed E-state index contributed by atoms with van der Waals surface area (Å²) in [6.45, 7) is 5.39. The summed E-state index contributed by atoms with van der Waals surface area (Å²) in [4.78, 5) is 23.3. The number of alkyl carbamates (subject to hydrolysis) is 1. The molecule has 0 aliphatic carbocycles. The molecule has 0 saturated carbocycles. The average Bonchev–Trinajstić information content (AvgIpc) is 2.60. The van der Waals surface area contributed by atoms with E-state index in [2.05, 4.69) is 5.32 Å². The van der Waals surface area contributed by atoms with Crippen molar-refractivity contribution in [1.29, 1.82) is 0 Å². The molecule has 0 spiro atoms. The van der Waals surface area contributed by atoms with Crippen LogP contribution in [0.5, 0.6) is 5.75 Å². The molecule has 2 aromatic carbocycles. The van der Waals surface area contributed by atoms with E-state index in [0.29, 0.717) is 15.8 Å². The molecule has 0 aliphatic heterocycles. The largest absolute Gasteiger partial charge is 0.489 e. The number of amides is 1. The van der Waals surface area contributed by atoms with Gasteiger partial charge in [0.1, 0.15) is 24.0 Å². The number of nitrogens with one attached hydrogen (secondary N) is 1. The second kappa shape index (κ2) is 9.85. The maximum absolute atomic E-state index is 11.9. The Hall–Kier alpha value is -2.44. The van der Waals surface area contributed by atoms with Crippen LogP contribution in [-0.4, -0.2) is 28.8 Å². The van der Waals surface area contributed by atoms with Crippen LogP contribution in [0.1, 0.15) is 31.9 Å². The molecule has 0 radical (unpaired) electrons. The van der Waals surface area contributed by atoms with Gasteiger partial charge in [0.15, 0.2) is 0 Å². The molecule has 0 fully saturated rings. The van der Waals surface area contributed by atoms with Gasteiger partial charge in [-0.1, -0.05) is 41.4 Å². The first-order valence-corrected chi connectivity index (χ1v) is 9.67. The van der Waals surface area contributed by atoms with Gasteiger partial charge in [-0.25, -0.2) is 9.59 Å². The van der Waals surface area contributed by atoms with E-state index < -0.39 is 23.7 Å². The molecule has 1 atom stereocenters. The summed E-state index contributed by atoms with van der Waals surface area (Å²) in [5, 5.41) is 12.8. The number of aliphatic carboxylic acids is 1. The van der Waals surface area contributed by atoms with Crippen LogP contribution in [0.15, 0.2) is 42.5 Å². The fourth-order valence-electron chi connectivity index (χ4n) is 2.41. The van der Waals surface area contributed by atoms with Crippen LogP contribution in [0, 0.1) is 0 Å². The molecule has 2 N–H and O–H groups in total. The topological polar surface area (TPSA) is 84.9 Å². The fourth-order valence-corrected chi connectivity index (χ4v) is 2.87. The Kier molecular flexibility index (Phi) is 7.76. The summed E-state index contributed by atoms with van der Waals surface area (Å²) in [6, 6.07) is 11.0. The first kappa shape index (κ1) is 22.8. The minimum atomic E-state index is -1.14. The zero-order valence-corrected chi connectivity index (χ0v) is 17.9. The van der Waals surface area contributed by atoms with Gasteiger partial charge in [0, 0.05) is 22.0 Å². The molecular weight excluding hydrogens is 417 g/mol. The van der Waals surface area contributed by atoms with Crippen LogP contribution in [0.2, 0.25) is 10.0 Å². The van der Waals surface area contributed by atoms with Crippen molar-refractivity contribution in [2.45, 2.75) is 45.4 Å². The number of halogens is 2. The first-order chi connectivity index (χ1) is 13.5. The van der Waals surface area contributed by atoms with Gasteiger partial charge in [-0.3, -0.25) is 0 Å². The molecular formula is C21H23Cl2NO5. The van der Waals surface area contributed by atoms with Gasteiger partial charge >= 0.3 is 12.1 Å². The Morgan fingerprint density at radius 3 is 2.31 bits per heavy atom. The van der Waals surface area contributed by atoms with Gasteiger partial charge < -0.3 is 19.9 Å². The zero-order valence-electron chi connectivity index (χ0n) is 16.4. The second-order valence-electron chi connectivity index (χ2n) is 7.41. The molecule has 156 valence electrons. The van der Waals surface area contributed by atoms with E-state index in [-0.39, 0.29) is 13.0 Å². The quantitative estimate of drug-likeness (QED) is 0.627. The summed E-state index contributed by atoms with van der Waals surface area (Å²) in [5.74, 6) is -0.541. The van der Waals surface area contributed by atoms with Gasteiger partial charge in [-0.15, -0.1) is 0 Å². The second-order valence-corrected chi connectivity index (χ2v) is 8.25. The number of hydrogen-bond donors (Lipinski definition) is 2. The van der Waals surface area contributed by atoms with E-state index in [9.17, 15) is 14.7 Å². The highest BCUT2D eigenvalue weighted by atomic mass is 35.5. The van der Waals surface area contributed by atoms with Crippen molar-refractivity contribution in [2.75, 3.05) is 0 Å². The molecule has 0 aromatic heterocycles. The number of carboxylic acid groups (broad SMARTS) is 1. The van der Waals surface area contributed by atoms with Crippen LogP contribution in [0.25, 0.3) is 0 Å². The van der Waals surface area contributed by atoms with Crippen molar-refractivity contribution in [3.05, 3.63) is 63.6 Å². The smallest absolute Gasteiger partial charge is 0.408 e. The maximum Gasteiger partial charge on any atom is 0.408 e. The van der Waals surface area contributed by atoms with E-state index in [1.807, 2.05) is 0 Å². The predicted octanol–water partition coefficient (Wildman–Crippen LogP) is 5.09. The van der Waals surface area contributed by atoms with Gasteiger partial charge in [0.25, 0.3) is 0 Å². The summed E-state index contributed by atoms with van der Waals surface area (Å²) >= 11 is 12.0. The molecule has 0 bridgehead atoms. The minimum absolute atomic E-state index is 0.109. The highest BCUT2D eigenvalue weighted by Crippen LogP contribution is 2.23. The molecule has 0 saturated heterocycles. The molecule has 2 rings (SSSR count). The predicted molar refractivity (Wildman–Crippen MR) is 112 cm³/mol. The summed E-state index contributed by atoms with van der Waals surface area (Å²) < 4.78 is 10.8. The molecule has 2 aromatic rings. The number of benzene rings is 2. The third-order valence-electron chi connectivity index (χ3n) is 3.76. The normalized spacial score (nSPS) is 12.2. The maximum atomic E-state index is 11.9. The van der Waals surface area contributed by atoms with Crippen LogP contribution in [0.4, 0.5) is 4.79 Å². The lowest BCUT2D eigenvalue weighted by atomic mass is 10.1. The molecule has 8 heteroatoms. The molecule has 0 heterocycles. The number of ether oxygens (including phenoxy) is 2. The first-order valence-electron chi connectivity index (χ1n) is 8.91. The van der Waals surface area contributed by atoms with Crippen molar-refractivity contribution < 1.29 is 24.2 Å². The van der Waals surface area contributed by atoms with Crippen LogP contribution in [0.3, 0.4) is 0 Å². The van der Waals surface area contributed by atoms with Crippen LogP contribution >= 0.6 is 23.2 Å². The molecule has 6 nitrogen and oxygen atoms in total. The fraction of sp³-hybridized carbons (Fsp3) is 0.333. The van der Waals surface area contributed by atoms with Gasteiger partial charge in [-0.05, 0) is 50.6 Å². The third kappa shape index (κ3) is 7.83. The Morgan fingerprint density at radius 1 is 1.10 bits per heavy atom. The number of hydrogen-bond acceptors (Lipinski definition) is 4. The van der Waals surface area contributed by atoms with E-state index in [0.717, 1.165) is 11.1 Å². The highest BCUT2D eigenvalue weighted by molar-refractivity contribution is 6.35. The van der Waals surface area contributed by atoms with Crippen LogP contribution in [-0.2, 0) is 22.6 Å². The molecule has 1 amide bonds. The van der Waals surface area contributed by atoms with Crippen molar-refractivity contribution in [1.82, 2.24) is 5.32 Å². The lowest BCUT2D eigenvalue weighted by molar-refractivity contribution is -0.139. The van der Waals surface area contributed by atoms with Crippen LogP contribution < -0.4 is 10.1 Å². The van der Waals surface area contributed by atoms with E-state index >= 15 is 0 Å². The Balaban J connectivity index is 1.95. The van der Waals surface area contributed by atoms with Crippen molar-refractivity contribution in [2.24, 2.45) is 0 Å². The minimum Gasteiger partial charge on any atom is -0.489 e. The molecule has 1 unspecified atom stereocenters.